The van der Waals surface area contributed by atoms with Crippen LogP contribution < -0.4 is 0 Å². The highest BCUT2D eigenvalue weighted by molar-refractivity contribution is 5.10. The Morgan fingerprint density at radius 2 is 2.08 bits per heavy atom. The van der Waals surface area contributed by atoms with Gasteiger partial charge in [-0.3, -0.25) is 14.6 Å². The number of fused-ring (bicyclic) bond motifs is 1. The molecular formula is C18H22N6. The fraction of sp³-hybridized carbons (Fsp3) is 0.389. The highest BCUT2D eigenvalue weighted by Crippen LogP contribution is 2.18. The van der Waals surface area contributed by atoms with Crippen LogP contribution >= 0.6 is 0 Å². The molecule has 0 bridgehead atoms. The fourth-order valence-corrected chi connectivity index (χ4v) is 3.45. The Morgan fingerprint density at radius 1 is 1.12 bits per heavy atom. The second kappa shape index (κ2) is 6.57. The molecule has 3 aromatic heterocycles. The summed E-state index contributed by atoms with van der Waals surface area (Å²) in [6.45, 7) is 6.66. The number of imidazole rings is 1. The van der Waals surface area contributed by atoms with Gasteiger partial charge in [-0.2, -0.15) is 5.10 Å². The Hall–Kier alpha value is -2.47. The second-order valence-electron chi connectivity index (χ2n) is 6.53. The van der Waals surface area contributed by atoms with Crippen LogP contribution in [0.4, 0.5) is 0 Å². The zero-order valence-corrected chi connectivity index (χ0v) is 13.9. The Labute approximate surface area is 141 Å². The van der Waals surface area contributed by atoms with Crippen LogP contribution in [0.3, 0.4) is 0 Å². The Balaban J connectivity index is 1.54. The molecule has 0 aromatic carbocycles. The molecule has 0 fully saturated rings. The quantitative estimate of drug-likeness (QED) is 0.738. The first-order valence-electron chi connectivity index (χ1n) is 8.38. The number of aromatic nitrogens is 5. The van der Waals surface area contributed by atoms with Crippen molar-refractivity contribution in [2.75, 3.05) is 6.54 Å². The van der Waals surface area contributed by atoms with E-state index in [2.05, 4.69) is 42.9 Å². The van der Waals surface area contributed by atoms with Crippen molar-refractivity contribution in [2.24, 2.45) is 5.92 Å². The van der Waals surface area contributed by atoms with Crippen LogP contribution in [-0.2, 0) is 26.2 Å². The normalized spacial score (nSPS) is 18.3. The molecule has 4 rings (SSSR count). The third kappa shape index (κ3) is 3.38. The van der Waals surface area contributed by atoms with Gasteiger partial charge in [0.05, 0.1) is 12.2 Å². The fourth-order valence-electron chi connectivity index (χ4n) is 3.45. The maximum Gasteiger partial charge on any atom is 0.122 e. The molecule has 0 unspecified atom stereocenters. The first-order valence-corrected chi connectivity index (χ1v) is 8.38. The molecule has 4 heterocycles. The molecule has 0 saturated carbocycles. The van der Waals surface area contributed by atoms with Gasteiger partial charge in [0.2, 0.25) is 0 Å². The molecule has 24 heavy (non-hydrogen) atoms. The number of nitrogens with zero attached hydrogens (tertiary/aromatic N) is 6. The van der Waals surface area contributed by atoms with E-state index < -0.39 is 0 Å². The van der Waals surface area contributed by atoms with E-state index in [4.69, 9.17) is 0 Å². The Bertz CT molecular complexity index is 791. The van der Waals surface area contributed by atoms with Crippen LogP contribution in [0.1, 0.15) is 17.2 Å². The molecule has 0 amide bonds. The smallest absolute Gasteiger partial charge is 0.122 e. The van der Waals surface area contributed by atoms with Crippen molar-refractivity contribution in [1.29, 1.82) is 0 Å². The van der Waals surface area contributed by atoms with Crippen LogP contribution in [0.15, 0.2) is 49.1 Å². The van der Waals surface area contributed by atoms with E-state index in [1.807, 2.05) is 42.3 Å². The van der Waals surface area contributed by atoms with Gasteiger partial charge in [0, 0.05) is 62.6 Å². The minimum absolute atomic E-state index is 0.491. The van der Waals surface area contributed by atoms with Gasteiger partial charge < -0.3 is 4.57 Å². The number of hydrogen-bond acceptors (Lipinski definition) is 4. The van der Waals surface area contributed by atoms with Gasteiger partial charge in [-0.1, -0.05) is 6.07 Å². The Kier molecular flexibility index (Phi) is 4.13. The summed E-state index contributed by atoms with van der Waals surface area (Å²) < 4.78 is 4.30. The molecule has 0 spiro atoms. The maximum absolute atomic E-state index is 4.66. The van der Waals surface area contributed by atoms with E-state index in [1.165, 1.54) is 0 Å². The van der Waals surface area contributed by atoms with Crippen molar-refractivity contribution in [1.82, 2.24) is 29.2 Å². The largest absolute Gasteiger partial charge is 0.333 e. The van der Waals surface area contributed by atoms with E-state index in [0.717, 1.165) is 49.9 Å². The monoisotopic (exact) mass is 322 g/mol. The summed E-state index contributed by atoms with van der Waals surface area (Å²) in [5.74, 6) is 1.62. The molecule has 124 valence electrons. The van der Waals surface area contributed by atoms with Gasteiger partial charge in [0.25, 0.3) is 0 Å². The van der Waals surface area contributed by atoms with Gasteiger partial charge in [-0.05, 0) is 25.1 Å². The summed E-state index contributed by atoms with van der Waals surface area (Å²) >= 11 is 0. The van der Waals surface area contributed by atoms with Gasteiger partial charge in [0.1, 0.15) is 5.82 Å². The van der Waals surface area contributed by atoms with Crippen molar-refractivity contribution in [3.05, 3.63) is 66.3 Å². The first kappa shape index (κ1) is 15.1. The highest BCUT2D eigenvalue weighted by Gasteiger charge is 2.23. The van der Waals surface area contributed by atoms with Crippen molar-refractivity contribution in [3.8, 4) is 0 Å². The number of hydrogen-bond donors (Lipinski definition) is 0. The van der Waals surface area contributed by atoms with E-state index in [-0.39, 0.29) is 0 Å². The van der Waals surface area contributed by atoms with Crippen LogP contribution in [0.2, 0.25) is 0 Å². The number of rotatable bonds is 4. The summed E-state index contributed by atoms with van der Waals surface area (Å²) in [6, 6.07) is 8.21. The average Bonchev–Trinajstić information content (AvgIpc) is 3.17. The number of pyridine rings is 1. The molecule has 1 atom stereocenters. The van der Waals surface area contributed by atoms with Crippen molar-refractivity contribution < 1.29 is 0 Å². The summed E-state index contributed by atoms with van der Waals surface area (Å²) in [6.07, 6.45) is 7.86. The van der Waals surface area contributed by atoms with Gasteiger partial charge in [0.15, 0.2) is 0 Å². The van der Waals surface area contributed by atoms with Gasteiger partial charge >= 0.3 is 0 Å². The molecule has 0 aliphatic carbocycles. The summed E-state index contributed by atoms with van der Waals surface area (Å²) in [5, 5.41) is 4.37. The van der Waals surface area contributed by atoms with Crippen molar-refractivity contribution in [2.45, 2.75) is 33.1 Å². The lowest BCUT2D eigenvalue weighted by Crippen LogP contribution is -2.30. The van der Waals surface area contributed by atoms with E-state index in [9.17, 15) is 0 Å². The molecule has 6 heteroatoms. The molecule has 1 aliphatic rings. The third-order valence-corrected chi connectivity index (χ3v) is 4.47. The van der Waals surface area contributed by atoms with Crippen molar-refractivity contribution >= 4 is 0 Å². The first-order chi connectivity index (χ1) is 11.8. The minimum atomic E-state index is 0.491. The molecular weight excluding hydrogens is 300 g/mol. The standard InChI is InChI=1S/C18H22N6/c1-15-4-2-5-17(21-15)13-22-10-16(12-24-8-3-6-20-24)11-23-9-7-19-18(23)14-22/h2-9,16H,10-14H2,1H3/t16-/m1/s1. The lowest BCUT2D eigenvalue weighted by molar-refractivity contribution is 0.203. The lowest BCUT2D eigenvalue weighted by Gasteiger charge is -2.23. The second-order valence-corrected chi connectivity index (χ2v) is 6.53. The summed E-state index contributed by atoms with van der Waals surface area (Å²) in [5.41, 5.74) is 2.18. The SMILES string of the molecule is Cc1cccc(CN2Cc3nccn3C[C@H](Cn3cccn3)C2)n1. The molecule has 6 nitrogen and oxygen atoms in total. The third-order valence-electron chi connectivity index (χ3n) is 4.47. The topological polar surface area (TPSA) is 51.8 Å². The highest BCUT2D eigenvalue weighted by atomic mass is 15.3. The summed E-state index contributed by atoms with van der Waals surface area (Å²) in [4.78, 5) is 11.6. The summed E-state index contributed by atoms with van der Waals surface area (Å²) in [7, 11) is 0. The zero-order chi connectivity index (χ0) is 16.4. The van der Waals surface area contributed by atoms with Gasteiger partial charge in [-0.15, -0.1) is 0 Å². The van der Waals surface area contributed by atoms with Crippen molar-refractivity contribution in [3.63, 3.8) is 0 Å². The molecule has 0 N–H and O–H groups in total. The van der Waals surface area contributed by atoms with Crippen LogP contribution in [0.25, 0.3) is 0 Å². The van der Waals surface area contributed by atoms with Crippen LogP contribution in [0, 0.1) is 12.8 Å². The molecule has 0 saturated heterocycles. The van der Waals surface area contributed by atoms with E-state index in [0.29, 0.717) is 5.92 Å². The molecule has 0 radical (unpaired) electrons. The maximum atomic E-state index is 4.66. The lowest BCUT2D eigenvalue weighted by atomic mass is 10.1. The predicted molar refractivity (Wildman–Crippen MR) is 91.0 cm³/mol. The van der Waals surface area contributed by atoms with Crippen LogP contribution in [0.5, 0.6) is 0 Å². The Morgan fingerprint density at radius 3 is 2.92 bits per heavy atom. The minimum Gasteiger partial charge on any atom is -0.333 e. The predicted octanol–water partition coefficient (Wildman–Crippen LogP) is 2.12. The molecule has 3 aromatic rings. The number of aryl methyl sites for hydroxylation is 1. The van der Waals surface area contributed by atoms with E-state index >= 15 is 0 Å². The van der Waals surface area contributed by atoms with Crippen LogP contribution in [-0.4, -0.2) is 35.8 Å². The molecule has 1 aliphatic heterocycles. The zero-order valence-electron chi connectivity index (χ0n) is 13.9. The van der Waals surface area contributed by atoms with Gasteiger partial charge in [-0.25, -0.2) is 4.98 Å². The average molecular weight is 322 g/mol. The van der Waals surface area contributed by atoms with E-state index in [1.54, 1.807) is 0 Å².